The molecule has 0 radical (unpaired) electrons. The van der Waals surface area contributed by atoms with Crippen molar-refractivity contribution in [3.8, 4) is 5.75 Å². The van der Waals surface area contributed by atoms with Gasteiger partial charge in [-0.2, -0.15) is 0 Å². The molecule has 0 bridgehead atoms. The van der Waals surface area contributed by atoms with Crippen LogP contribution in [0.2, 0.25) is 0 Å². The quantitative estimate of drug-likeness (QED) is 0.507. The number of anilines is 1. The van der Waals surface area contributed by atoms with Gasteiger partial charge in [-0.3, -0.25) is 4.90 Å². The lowest BCUT2D eigenvalue weighted by molar-refractivity contribution is 0.0190. The number of ether oxygens (including phenoxy) is 2. The van der Waals surface area contributed by atoms with Gasteiger partial charge in [-0.15, -0.1) is 0 Å². The number of benzene rings is 3. The summed E-state index contributed by atoms with van der Waals surface area (Å²) in [6.07, 6.45) is -0.308. The van der Waals surface area contributed by atoms with Gasteiger partial charge in [0.05, 0.1) is 12.7 Å². The van der Waals surface area contributed by atoms with Crippen molar-refractivity contribution in [2.24, 2.45) is 0 Å². The maximum absolute atomic E-state index is 12.8. The second-order valence-electron chi connectivity index (χ2n) is 8.16. The van der Waals surface area contributed by atoms with Crippen LogP contribution in [0, 0.1) is 6.92 Å². The Labute approximate surface area is 190 Å². The number of aryl methyl sites for hydroxylation is 1. The molecule has 1 fully saturated rings. The summed E-state index contributed by atoms with van der Waals surface area (Å²) in [6, 6.07) is 25.7. The van der Waals surface area contributed by atoms with E-state index < -0.39 is 0 Å². The number of rotatable bonds is 7. The van der Waals surface area contributed by atoms with Crippen molar-refractivity contribution in [2.75, 3.05) is 44.7 Å². The lowest BCUT2D eigenvalue weighted by atomic mass is 10.1. The van der Waals surface area contributed by atoms with E-state index in [1.54, 1.807) is 7.11 Å². The molecule has 3 aromatic rings. The molecule has 32 heavy (non-hydrogen) atoms. The predicted molar refractivity (Wildman–Crippen MR) is 127 cm³/mol. The Balaban J connectivity index is 1.40. The minimum atomic E-state index is -0.308. The second kappa shape index (κ2) is 10.3. The standard InChI is InChI=1S/C27H30N2O3/c1-21-8-10-23(11-9-21)27(30)32-26(22-6-4-3-5-7-22)20-28-16-18-29(19-17-28)24-12-14-25(31-2)15-13-24/h3-15,26H,16-20H2,1-2H3. The third-order valence-electron chi connectivity index (χ3n) is 5.94. The molecular weight excluding hydrogens is 400 g/mol. The Morgan fingerprint density at radius 1 is 0.875 bits per heavy atom. The van der Waals surface area contributed by atoms with E-state index >= 15 is 0 Å². The molecule has 5 heteroatoms. The summed E-state index contributed by atoms with van der Waals surface area (Å²) in [5.74, 6) is 0.587. The summed E-state index contributed by atoms with van der Waals surface area (Å²) in [6.45, 7) is 6.37. The van der Waals surface area contributed by atoms with Crippen LogP contribution in [0.5, 0.6) is 5.75 Å². The van der Waals surface area contributed by atoms with Crippen molar-refractivity contribution in [3.63, 3.8) is 0 Å². The number of methoxy groups -OCH3 is 1. The largest absolute Gasteiger partial charge is 0.497 e. The summed E-state index contributed by atoms with van der Waals surface area (Å²) in [5.41, 5.74) is 3.93. The Morgan fingerprint density at radius 2 is 1.53 bits per heavy atom. The topological polar surface area (TPSA) is 42.0 Å². The molecule has 0 spiro atoms. The van der Waals surface area contributed by atoms with Gasteiger partial charge in [0, 0.05) is 38.4 Å². The molecule has 3 aromatic carbocycles. The Kier molecular flexibility index (Phi) is 7.07. The smallest absolute Gasteiger partial charge is 0.338 e. The number of carbonyl (C=O) groups excluding carboxylic acids is 1. The van der Waals surface area contributed by atoms with E-state index in [2.05, 4.69) is 21.9 Å². The van der Waals surface area contributed by atoms with Gasteiger partial charge in [0.15, 0.2) is 0 Å². The van der Waals surface area contributed by atoms with Crippen molar-refractivity contribution in [1.29, 1.82) is 0 Å². The Bertz CT molecular complexity index is 995. The van der Waals surface area contributed by atoms with E-state index in [0.29, 0.717) is 12.1 Å². The molecule has 5 nitrogen and oxygen atoms in total. The van der Waals surface area contributed by atoms with Crippen LogP contribution >= 0.6 is 0 Å². The van der Waals surface area contributed by atoms with E-state index in [0.717, 1.165) is 43.1 Å². The van der Waals surface area contributed by atoms with Crippen LogP contribution in [-0.2, 0) is 4.74 Å². The molecule has 1 aliphatic rings. The van der Waals surface area contributed by atoms with E-state index in [9.17, 15) is 4.79 Å². The zero-order chi connectivity index (χ0) is 22.3. The van der Waals surface area contributed by atoms with Gasteiger partial charge >= 0.3 is 5.97 Å². The van der Waals surface area contributed by atoms with Crippen molar-refractivity contribution in [1.82, 2.24) is 4.90 Å². The highest BCUT2D eigenvalue weighted by molar-refractivity contribution is 5.89. The molecule has 0 aromatic heterocycles. The van der Waals surface area contributed by atoms with Crippen LogP contribution in [0.3, 0.4) is 0 Å². The Hall–Kier alpha value is -3.31. The highest BCUT2D eigenvalue weighted by atomic mass is 16.5. The summed E-state index contributed by atoms with van der Waals surface area (Å²) >= 11 is 0. The van der Waals surface area contributed by atoms with Crippen LogP contribution in [0.25, 0.3) is 0 Å². The normalized spacial score (nSPS) is 15.2. The molecule has 166 valence electrons. The molecule has 0 N–H and O–H groups in total. The van der Waals surface area contributed by atoms with Crippen molar-refractivity contribution >= 4 is 11.7 Å². The third kappa shape index (κ3) is 5.48. The summed E-state index contributed by atoms with van der Waals surface area (Å²) < 4.78 is 11.3. The first-order chi connectivity index (χ1) is 15.6. The van der Waals surface area contributed by atoms with Crippen LogP contribution in [-0.4, -0.2) is 50.7 Å². The van der Waals surface area contributed by atoms with Crippen LogP contribution in [0.1, 0.15) is 27.6 Å². The maximum atomic E-state index is 12.8. The molecule has 1 aliphatic heterocycles. The van der Waals surface area contributed by atoms with Gasteiger partial charge in [-0.25, -0.2) is 4.79 Å². The summed E-state index contributed by atoms with van der Waals surface area (Å²) in [5, 5.41) is 0. The predicted octanol–water partition coefficient (Wildman–Crippen LogP) is 4.72. The highest BCUT2D eigenvalue weighted by Gasteiger charge is 2.24. The van der Waals surface area contributed by atoms with Crippen molar-refractivity contribution in [3.05, 3.63) is 95.6 Å². The SMILES string of the molecule is COc1ccc(N2CCN(CC(OC(=O)c3ccc(C)cc3)c3ccccc3)CC2)cc1. The molecule has 1 atom stereocenters. The number of hydrogen-bond donors (Lipinski definition) is 0. The average Bonchev–Trinajstić information content (AvgIpc) is 2.85. The lowest BCUT2D eigenvalue weighted by Gasteiger charge is -2.37. The van der Waals surface area contributed by atoms with Gasteiger partial charge in [0.2, 0.25) is 0 Å². The minimum Gasteiger partial charge on any atom is -0.497 e. The fourth-order valence-electron chi connectivity index (χ4n) is 3.98. The minimum absolute atomic E-state index is 0.282. The second-order valence-corrected chi connectivity index (χ2v) is 8.16. The number of hydrogen-bond acceptors (Lipinski definition) is 5. The molecule has 1 saturated heterocycles. The Morgan fingerprint density at radius 3 is 2.16 bits per heavy atom. The van der Waals surface area contributed by atoms with E-state index in [1.165, 1.54) is 5.69 Å². The third-order valence-corrected chi connectivity index (χ3v) is 5.94. The highest BCUT2D eigenvalue weighted by Crippen LogP contribution is 2.24. The lowest BCUT2D eigenvalue weighted by Crippen LogP contribution is -2.47. The van der Waals surface area contributed by atoms with E-state index in [4.69, 9.17) is 9.47 Å². The molecule has 0 saturated carbocycles. The van der Waals surface area contributed by atoms with Crippen LogP contribution in [0.15, 0.2) is 78.9 Å². The fraction of sp³-hybridized carbons (Fsp3) is 0.296. The van der Waals surface area contributed by atoms with Crippen molar-refractivity contribution < 1.29 is 14.3 Å². The van der Waals surface area contributed by atoms with E-state index in [-0.39, 0.29) is 12.1 Å². The first kappa shape index (κ1) is 21.9. The number of carbonyl (C=O) groups is 1. The average molecular weight is 431 g/mol. The van der Waals surface area contributed by atoms with Gasteiger partial charge in [-0.1, -0.05) is 48.0 Å². The van der Waals surface area contributed by atoms with Crippen LogP contribution in [0.4, 0.5) is 5.69 Å². The number of esters is 1. The first-order valence-corrected chi connectivity index (χ1v) is 11.1. The van der Waals surface area contributed by atoms with Gasteiger partial charge in [0.25, 0.3) is 0 Å². The van der Waals surface area contributed by atoms with Crippen LogP contribution < -0.4 is 9.64 Å². The molecule has 0 aliphatic carbocycles. The molecule has 1 heterocycles. The number of piperazine rings is 1. The summed E-state index contributed by atoms with van der Waals surface area (Å²) in [7, 11) is 1.68. The maximum Gasteiger partial charge on any atom is 0.338 e. The molecule has 4 rings (SSSR count). The van der Waals surface area contributed by atoms with E-state index in [1.807, 2.05) is 73.7 Å². The van der Waals surface area contributed by atoms with Gasteiger partial charge in [-0.05, 0) is 48.9 Å². The van der Waals surface area contributed by atoms with Gasteiger partial charge < -0.3 is 14.4 Å². The van der Waals surface area contributed by atoms with Crippen molar-refractivity contribution in [2.45, 2.75) is 13.0 Å². The number of nitrogens with zero attached hydrogens (tertiary/aromatic N) is 2. The molecular formula is C27H30N2O3. The zero-order valence-corrected chi connectivity index (χ0v) is 18.7. The zero-order valence-electron chi connectivity index (χ0n) is 18.7. The fourth-order valence-corrected chi connectivity index (χ4v) is 3.98. The summed E-state index contributed by atoms with van der Waals surface area (Å²) in [4.78, 5) is 17.6. The first-order valence-electron chi connectivity index (χ1n) is 11.1. The van der Waals surface area contributed by atoms with Gasteiger partial charge in [0.1, 0.15) is 11.9 Å². The monoisotopic (exact) mass is 430 g/mol. The molecule has 1 unspecified atom stereocenters. The molecule has 0 amide bonds.